The fraction of sp³-hybridized carbons (Fsp3) is 0.448. The SMILES string of the molecule is O=C1CC=C2C(C1)OC(=O)C(c1ccc(C(F)(F)F)cc1)C2Cc1ccc(OCCN2CCCC2)cc1. The van der Waals surface area contributed by atoms with Gasteiger partial charge >= 0.3 is 12.1 Å². The van der Waals surface area contributed by atoms with Crippen LogP contribution in [0.4, 0.5) is 13.2 Å². The summed E-state index contributed by atoms with van der Waals surface area (Å²) >= 11 is 0. The van der Waals surface area contributed by atoms with Gasteiger partial charge in [-0.1, -0.05) is 30.3 Å². The Morgan fingerprint density at radius 2 is 1.68 bits per heavy atom. The quantitative estimate of drug-likeness (QED) is 0.370. The van der Waals surface area contributed by atoms with E-state index < -0.39 is 29.7 Å². The van der Waals surface area contributed by atoms with E-state index >= 15 is 0 Å². The van der Waals surface area contributed by atoms with Crippen LogP contribution in [0.5, 0.6) is 5.75 Å². The Bertz CT molecular complexity index is 1150. The van der Waals surface area contributed by atoms with Crippen molar-refractivity contribution < 1.29 is 32.2 Å². The minimum Gasteiger partial charge on any atom is -0.492 e. The first-order valence-corrected chi connectivity index (χ1v) is 12.8. The molecule has 3 aliphatic rings. The van der Waals surface area contributed by atoms with E-state index in [-0.39, 0.29) is 24.5 Å². The zero-order valence-corrected chi connectivity index (χ0v) is 20.5. The van der Waals surface area contributed by atoms with E-state index in [0.29, 0.717) is 18.6 Å². The second-order valence-corrected chi connectivity index (χ2v) is 10.0. The maximum atomic E-state index is 13.1. The van der Waals surface area contributed by atoms with Crippen molar-refractivity contribution in [2.24, 2.45) is 5.92 Å². The lowest BCUT2D eigenvalue weighted by Crippen LogP contribution is -2.42. The molecule has 5 rings (SSSR count). The predicted molar refractivity (Wildman–Crippen MR) is 131 cm³/mol. The average Bonchev–Trinajstić information content (AvgIpc) is 3.38. The molecule has 2 fully saturated rings. The van der Waals surface area contributed by atoms with Gasteiger partial charge in [-0.25, -0.2) is 0 Å². The number of ketones is 1. The summed E-state index contributed by atoms with van der Waals surface area (Å²) in [6.07, 6.45) is 0.135. The van der Waals surface area contributed by atoms with Crippen LogP contribution < -0.4 is 4.74 Å². The Balaban J connectivity index is 1.35. The standard InChI is InChI=1S/C29H30F3NO4/c30-29(31,32)21-7-5-20(6-8-21)27-25(24-12-9-22(34)18-26(24)37-28(27)35)17-19-3-10-23(11-4-19)36-16-15-33-13-1-2-14-33/h3-8,10-12,25-27H,1-2,9,13-18H2. The lowest BCUT2D eigenvalue weighted by molar-refractivity contribution is -0.156. The lowest BCUT2D eigenvalue weighted by Gasteiger charge is -2.39. The predicted octanol–water partition coefficient (Wildman–Crippen LogP) is 5.34. The maximum absolute atomic E-state index is 13.1. The van der Waals surface area contributed by atoms with Crippen molar-refractivity contribution in [1.29, 1.82) is 0 Å². The molecule has 0 aromatic heterocycles. The number of hydrogen-bond donors (Lipinski definition) is 0. The summed E-state index contributed by atoms with van der Waals surface area (Å²) in [4.78, 5) is 27.5. The number of halogens is 3. The van der Waals surface area contributed by atoms with Crippen molar-refractivity contribution in [2.75, 3.05) is 26.2 Å². The van der Waals surface area contributed by atoms with Crippen molar-refractivity contribution in [1.82, 2.24) is 4.90 Å². The largest absolute Gasteiger partial charge is 0.492 e. The third-order valence-corrected chi connectivity index (χ3v) is 7.54. The molecular weight excluding hydrogens is 483 g/mol. The maximum Gasteiger partial charge on any atom is 0.416 e. The zero-order chi connectivity index (χ0) is 26.0. The molecule has 2 saturated heterocycles. The number of Topliss-reactive ketones (excluding diaryl/α,β-unsaturated/α-hetero) is 1. The molecule has 0 radical (unpaired) electrons. The second-order valence-electron chi connectivity index (χ2n) is 10.0. The minimum atomic E-state index is -4.46. The van der Waals surface area contributed by atoms with Gasteiger partial charge in [-0.15, -0.1) is 0 Å². The summed E-state index contributed by atoms with van der Waals surface area (Å²) in [7, 11) is 0. The monoisotopic (exact) mass is 513 g/mol. The van der Waals surface area contributed by atoms with Gasteiger partial charge in [0.2, 0.25) is 0 Å². The number of carbonyl (C=O) groups excluding carboxylic acids is 2. The molecule has 196 valence electrons. The van der Waals surface area contributed by atoms with Gasteiger partial charge in [-0.3, -0.25) is 14.5 Å². The second kappa shape index (κ2) is 10.7. The lowest BCUT2D eigenvalue weighted by atomic mass is 9.71. The van der Waals surface area contributed by atoms with Crippen LogP contribution in [-0.4, -0.2) is 49.0 Å². The van der Waals surface area contributed by atoms with E-state index in [1.807, 2.05) is 30.3 Å². The fourth-order valence-corrected chi connectivity index (χ4v) is 5.60. The van der Waals surface area contributed by atoms with Crippen molar-refractivity contribution in [3.8, 4) is 5.75 Å². The average molecular weight is 514 g/mol. The highest BCUT2D eigenvalue weighted by molar-refractivity contribution is 5.86. The van der Waals surface area contributed by atoms with Gasteiger partial charge < -0.3 is 9.47 Å². The molecule has 8 heteroatoms. The first kappa shape index (κ1) is 25.5. The van der Waals surface area contributed by atoms with Crippen molar-refractivity contribution in [3.05, 3.63) is 76.9 Å². The molecular formula is C29H30F3NO4. The van der Waals surface area contributed by atoms with Gasteiger partial charge in [0.25, 0.3) is 0 Å². The van der Waals surface area contributed by atoms with Crippen LogP contribution in [0.25, 0.3) is 0 Å². The van der Waals surface area contributed by atoms with Crippen LogP contribution in [0.1, 0.15) is 48.3 Å². The van der Waals surface area contributed by atoms with E-state index in [4.69, 9.17) is 9.47 Å². The molecule has 37 heavy (non-hydrogen) atoms. The van der Waals surface area contributed by atoms with E-state index in [1.54, 1.807) is 0 Å². The number of benzene rings is 2. The molecule has 2 aromatic carbocycles. The smallest absolute Gasteiger partial charge is 0.416 e. The summed E-state index contributed by atoms with van der Waals surface area (Å²) in [5, 5.41) is 0. The summed E-state index contributed by atoms with van der Waals surface area (Å²) < 4.78 is 50.8. The van der Waals surface area contributed by atoms with Gasteiger partial charge in [-0.2, -0.15) is 13.2 Å². The highest BCUT2D eigenvalue weighted by Crippen LogP contribution is 2.43. The number of carbonyl (C=O) groups is 2. The molecule has 1 aliphatic carbocycles. The highest BCUT2D eigenvalue weighted by atomic mass is 19.4. The van der Waals surface area contributed by atoms with Crippen molar-refractivity contribution in [3.63, 3.8) is 0 Å². The van der Waals surface area contributed by atoms with Crippen LogP contribution in [0.15, 0.2) is 60.2 Å². The number of fused-ring (bicyclic) bond motifs is 1. The van der Waals surface area contributed by atoms with Crippen molar-refractivity contribution in [2.45, 2.75) is 50.3 Å². The number of ether oxygens (including phenoxy) is 2. The number of esters is 1. The summed E-state index contributed by atoms with van der Waals surface area (Å²) in [5.74, 6) is -0.815. The molecule has 3 unspecified atom stereocenters. The van der Waals surface area contributed by atoms with E-state index in [9.17, 15) is 22.8 Å². The Kier molecular flexibility index (Phi) is 7.38. The summed E-state index contributed by atoms with van der Waals surface area (Å²) in [6, 6.07) is 12.4. The molecule has 2 aliphatic heterocycles. The molecule has 0 N–H and O–H groups in total. The first-order valence-electron chi connectivity index (χ1n) is 12.8. The summed E-state index contributed by atoms with van der Waals surface area (Å²) in [6.45, 7) is 3.75. The Morgan fingerprint density at radius 1 is 0.973 bits per heavy atom. The van der Waals surface area contributed by atoms with E-state index in [0.717, 1.165) is 48.7 Å². The van der Waals surface area contributed by atoms with Crippen LogP contribution in [0.3, 0.4) is 0 Å². The summed E-state index contributed by atoms with van der Waals surface area (Å²) in [5.41, 5.74) is 1.55. The van der Waals surface area contributed by atoms with Crippen LogP contribution >= 0.6 is 0 Å². The Labute approximate surface area is 214 Å². The van der Waals surface area contributed by atoms with Crippen LogP contribution in [0.2, 0.25) is 0 Å². The molecule has 0 saturated carbocycles. The van der Waals surface area contributed by atoms with Gasteiger partial charge in [0.15, 0.2) is 0 Å². The minimum absolute atomic E-state index is 0.00344. The van der Waals surface area contributed by atoms with Crippen LogP contribution in [0, 0.1) is 5.92 Å². The van der Waals surface area contributed by atoms with E-state index in [1.165, 1.54) is 25.0 Å². The molecule has 0 bridgehead atoms. The third kappa shape index (κ3) is 5.90. The number of hydrogen-bond acceptors (Lipinski definition) is 5. The number of nitrogens with zero attached hydrogens (tertiary/aromatic N) is 1. The zero-order valence-electron chi connectivity index (χ0n) is 20.5. The normalized spacial score (nSPS) is 24.4. The fourth-order valence-electron chi connectivity index (χ4n) is 5.60. The molecule has 3 atom stereocenters. The number of allylic oxidation sites excluding steroid dienone is 1. The Hall–Kier alpha value is -3.13. The number of alkyl halides is 3. The van der Waals surface area contributed by atoms with Gasteiger partial charge in [0, 0.05) is 25.3 Å². The Morgan fingerprint density at radius 3 is 2.35 bits per heavy atom. The molecule has 5 nitrogen and oxygen atoms in total. The highest BCUT2D eigenvalue weighted by Gasteiger charge is 2.44. The topological polar surface area (TPSA) is 55.8 Å². The van der Waals surface area contributed by atoms with Gasteiger partial charge in [0.05, 0.1) is 11.5 Å². The molecule has 0 spiro atoms. The number of likely N-dealkylation sites (tertiary alicyclic amines) is 1. The van der Waals surface area contributed by atoms with Crippen molar-refractivity contribution >= 4 is 11.8 Å². The van der Waals surface area contributed by atoms with Gasteiger partial charge in [0.1, 0.15) is 24.2 Å². The molecule has 2 aromatic rings. The van der Waals surface area contributed by atoms with E-state index in [2.05, 4.69) is 4.90 Å². The van der Waals surface area contributed by atoms with Crippen LogP contribution in [-0.2, 0) is 26.9 Å². The molecule has 2 heterocycles. The number of rotatable bonds is 7. The van der Waals surface area contributed by atoms with Gasteiger partial charge in [-0.05, 0) is 73.3 Å². The molecule has 0 amide bonds. The third-order valence-electron chi connectivity index (χ3n) is 7.54. The first-order chi connectivity index (χ1) is 17.8.